The second kappa shape index (κ2) is 34.8. The number of fused-ring (bicyclic) bond motifs is 2. The minimum Gasteiger partial charge on any atom is -0.484 e. The number of nitrogens with zero attached hydrogens (tertiary/aromatic N) is 4. The Morgan fingerprint density at radius 3 is 1.23 bits per heavy atom. The number of rotatable bonds is 35. The van der Waals surface area contributed by atoms with Crippen LogP contribution < -0.4 is 40.2 Å². The number of carbonyl (C=O) groups is 2. The molecule has 8 rings (SSSR count). The Morgan fingerprint density at radius 2 is 0.867 bits per heavy atom. The van der Waals surface area contributed by atoms with E-state index < -0.39 is 20.0 Å². The molecule has 90 heavy (non-hydrogen) atoms. The zero-order valence-corrected chi connectivity index (χ0v) is 56.2. The van der Waals surface area contributed by atoms with E-state index in [1.807, 2.05) is 24.3 Å². The third-order valence-corrected chi connectivity index (χ3v) is 20.6. The van der Waals surface area contributed by atoms with Crippen molar-refractivity contribution in [2.24, 2.45) is 0 Å². The van der Waals surface area contributed by atoms with E-state index in [0.29, 0.717) is 59.6 Å². The quantitative estimate of drug-likeness (QED) is 0.0271. The molecule has 2 aliphatic heterocycles. The Labute approximate surface area is 543 Å². The number of likely N-dealkylation sites (tertiary alicyclic amines) is 2. The molecule has 4 aliphatic rings. The number of ether oxygens (including phenoxy) is 6. The smallest absolute Gasteiger partial charge is 0.314 e. The molecule has 498 valence electrons. The molecule has 0 unspecified atom stereocenters. The van der Waals surface area contributed by atoms with Gasteiger partial charge in [-0.15, -0.1) is 0 Å². The van der Waals surface area contributed by atoms with E-state index in [-0.39, 0.29) is 125 Å². The molecule has 4 aromatic rings. The molecule has 0 saturated carbocycles. The van der Waals surface area contributed by atoms with Crippen molar-refractivity contribution in [1.29, 1.82) is 0 Å². The molecule has 22 nitrogen and oxygen atoms in total. The fourth-order valence-corrected chi connectivity index (χ4v) is 14.9. The zero-order chi connectivity index (χ0) is 64.2. The van der Waals surface area contributed by atoms with Gasteiger partial charge in [0.25, 0.3) is 0 Å². The zero-order valence-electron chi connectivity index (χ0n) is 53.0. The van der Waals surface area contributed by atoms with Crippen LogP contribution in [0, 0.1) is 13.8 Å². The second-order valence-corrected chi connectivity index (χ2v) is 28.4. The van der Waals surface area contributed by atoms with E-state index in [2.05, 4.69) is 92.3 Å². The van der Waals surface area contributed by atoms with E-state index in [0.717, 1.165) is 87.0 Å². The number of nitrogens with one attached hydrogen (secondary N) is 6. The van der Waals surface area contributed by atoms with Crippen molar-refractivity contribution >= 4 is 55.3 Å². The summed E-state index contributed by atoms with van der Waals surface area (Å²) in [4.78, 5) is 34.3. The van der Waals surface area contributed by atoms with Crippen molar-refractivity contribution in [1.82, 2.24) is 50.3 Å². The number of hydrogen-bond donors (Lipinski definition) is 6. The number of carbonyl (C=O) groups excluding carboxylic acids is 2. The number of sulfonamides is 2. The standard InChI is InChI=1S/C64H94Cl2N10O12S2/c1-45-37-47(65)39-57-55(45)41-59(75-27-9-11-49(43-75)73(3)4)61(57)87-51-13-17-53(18-14-51)89(79,80)71-25-31-85-35-33-83-29-23-69-63(77)67-21-7-8-22-68-64(78)70-24-30-84-34-36-86-32-26-72-90(81,82)54-19-15-52(16-20-54)88-62-58-40-48(66)38-46(2)56(58)42-60(62)76-28-10-12-50(44-76)74(5)6/h13-20,37-40,49-50,59-62,71-72H,7-12,21-36,41-44H2,1-6H3,(H2,67,69,77)(H2,68,70,78)/t49-,50-,59+,60+,61+,62+/m1/s1. The van der Waals surface area contributed by atoms with E-state index in [1.54, 1.807) is 48.5 Å². The van der Waals surface area contributed by atoms with Crippen molar-refractivity contribution in [3.05, 3.63) is 116 Å². The van der Waals surface area contributed by atoms with Gasteiger partial charge < -0.3 is 59.5 Å². The highest BCUT2D eigenvalue weighted by atomic mass is 35.5. The minimum absolute atomic E-state index is 0.0767. The fourth-order valence-electron chi connectivity index (χ4n) is 12.3. The molecule has 26 heteroatoms. The van der Waals surface area contributed by atoms with Crippen LogP contribution in [0.1, 0.15) is 84.1 Å². The van der Waals surface area contributed by atoms with Gasteiger partial charge in [0.05, 0.1) is 74.7 Å². The van der Waals surface area contributed by atoms with Gasteiger partial charge in [-0.25, -0.2) is 35.9 Å². The third-order valence-electron chi connectivity index (χ3n) is 17.2. The summed E-state index contributed by atoms with van der Waals surface area (Å²) in [6.07, 6.45) is 7.10. The molecule has 2 heterocycles. The average Bonchev–Trinajstić information content (AvgIpc) is 1.63. The highest BCUT2D eigenvalue weighted by Crippen LogP contribution is 2.44. The first-order valence-corrected chi connectivity index (χ1v) is 35.2. The molecule has 4 aromatic carbocycles. The predicted octanol–water partition coefficient (Wildman–Crippen LogP) is 6.45. The maximum Gasteiger partial charge on any atom is 0.314 e. The summed E-state index contributed by atoms with van der Waals surface area (Å²) in [6.45, 7) is 11.5. The van der Waals surface area contributed by atoms with Gasteiger partial charge in [-0.3, -0.25) is 9.80 Å². The molecule has 0 radical (unpaired) electrons. The Bertz CT molecular complexity index is 2960. The molecule has 0 spiro atoms. The van der Waals surface area contributed by atoms with Crippen molar-refractivity contribution in [2.45, 2.75) is 111 Å². The largest absolute Gasteiger partial charge is 0.484 e. The molecule has 0 bridgehead atoms. The Morgan fingerprint density at radius 1 is 0.511 bits per heavy atom. The summed E-state index contributed by atoms with van der Waals surface area (Å²) in [5.74, 6) is 1.17. The maximum absolute atomic E-state index is 13.1. The highest BCUT2D eigenvalue weighted by Gasteiger charge is 2.43. The van der Waals surface area contributed by atoms with Crippen LogP contribution in [0.25, 0.3) is 0 Å². The number of likely N-dealkylation sites (N-methyl/N-ethyl adjacent to an activating group) is 2. The van der Waals surface area contributed by atoms with Gasteiger partial charge >= 0.3 is 12.1 Å². The first-order chi connectivity index (χ1) is 43.3. The summed E-state index contributed by atoms with van der Waals surface area (Å²) >= 11 is 13.1. The molecular weight excluding hydrogens is 1240 g/mol. The van der Waals surface area contributed by atoms with Crippen LogP contribution in [0.15, 0.2) is 82.6 Å². The molecule has 6 N–H and O–H groups in total. The lowest BCUT2D eigenvalue weighted by atomic mass is 10.0. The predicted molar refractivity (Wildman–Crippen MR) is 349 cm³/mol. The Balaban J connectivity index is 0.588. The molecule has 4 amide bonds. The molecular formula is C64H94Cl2N10O12S2. The lowest BCUT2D eigenvalue weighted by molar-refractivity contribution is 0.0380. The van der Waals surface area contributed by atoms with Crippen LogP contribution >= 0.6 is 23.2 Å². The van der Waals surface area contributed by atoms with Crippen molar-refractivity contribution in [3.8, 4) is 11.5 Å². The van der Waals surface area contributed by atoms with E-state index in [9.17, 15) is 26.4 Å². The van der Waals surface area contributed by atoms with E-state index in [1.165, 1.54) is 11.1 Å². The normalized spacial score (nSPS) is 20.5. The van der Waals surface area contributed by atoms with Crippen LogP contribution in [0.2, 0.25) is 10.0 Å². The number of amides is 4. The number of urea groups is 2. The highest BCUT2D eigenvalue weighted by molar-refractivity contribution is 7.89. The third kappa shape index (κ3) is 20.8. The first-order valence-electron chi connectivity index (χ1n) is 31.5. The van der Waals surface area contributed by atoms with Crippen LogP contribution in [-0.4, -0.2) is 219 Å². The monoisotopic (exact) mass is 1330 g/mol. The molecule has 6 atom stereocenters. The van der Waals surface area contributed by atoms with Crippen LogP contribution in [0.4, 0.5) is 9.59 Å². The van der Waals surface area contributed by atoms with Gasteiger partial charge in [-0.1, -0.05) is 23.2 Å². The van der Waals surface area contributed by atoms with Gasteiger partial charge in [0.2, 0.25) is 20.0 Å². The van der Waals surface area contributed by atoms with Gasteiger partial charge in [0.1, 0.15) is 23.7 Å². The number of unbranched alkanes of at least 4 members (excludes halogenated alkanes) is 1. The topological polar surface area (TPSA) is 243 Å². The Hall–Kier alpha value is -4.90. The first kappa shape index (κ1) is 71.0. The minimum atomic E-state index is -3.79. The second-order valence-electron chi connectivity index (χ2n) is 24.0. The molecule has 2 saturated heterocycles. The van der Waals surface area contributed by atoms with Crippen LogP contribution in [0.5, 0.6) is 11.5 Å². The molecule has 2 fully saturated rings. The van der Waals surface area contributed by atoms with Crippen molar-refractivity contribution in [2.75, 3.05) is 146 Å². The number of piperidine rings is 2. The summed E-state index contributed by atoms with van der Waals surface area (Å²) in [7, 11) is 0.945. The summed E-state index contributed by atoms with van der Waals surface area (Å²) in [5.41, 5.74) is 7.00. The summed E-state index contributed by atoms with van der Waals surface area (Å²) in [6, 6.07) is 21.6. The summed E-state index contributed by atoms with van der Waals surface area (Å²) < 4.78 is 93.3. The number of hydrogen-bond acceptors (Lipinski definition) is 16. The van der Waals surface area contributed by atoms with E-state index in [4.69, 9.17) is 51.6 Å². The average molecular weight is 1330 g/mol. The lowest BCUT2D eigenvalue weighted by Gasteiger charge is -2.41. The van der Waals surface area contributed by atoms with Crippen LogP contribution in [0.3, 0.4) is 0 Å². The van der Waals surface area contributed by atoms with Gasteiger partial charge in [0.15, 0.2) is 0 Å². The van der Waals surface area contributed by atoms with Crippen molar-refractivity contribution < 1.29 is 54.8 Å². The number of halogens is 2. The van der Waals surface area contributed by atoms with Gasteiger partial charge in [0, 0.05) is 74.5 Å². The lowest BCUT2D eigenvalue weighted by Crippen LogP contribution is -2.51. The maximum atomic E-state index is 13.1. The molecule has 2 aliphatic carbocycles. The van der Waals surface area contributed by atoms with Crippen molar-refractivity contribution in [3.63, 3.8) is 0 Å². The van der Waals surface area contributed by atoms with Gasteiger partial charge in [-0.05, 0) is 213 Å². The summed E-state index contributed by atoms with van der Waals surface area (Å²) in [5, 5.41) is 12.4. The number of benzene rings is 4. The number of aryl methyl sites for hydroxylation is 2. The fraction of sp³-hybridized carbons (Fsp3) is 0.594. The van der Waals surface area contributed by atoms with Gasteiger partial charge in [-0.2, -0.15) is 0 Å². The van der Waals surface area contributed by atoms with E-state index >= 15 is 0 Å². The Kier molecular flexibility index (Phi) is 27.5. The SMILES string of the molecule is Cc1cc(Cl)cc2c1C[C@H](N1CCC[C@@H](N(C)C)C1)[C@H]2Oc1ccc(S(=O)(=O)NCCOCCOCCNC(=O)NCCCCNC(=O)NCCOCCOCCNS(=O)(=O)c2ccc(O[C@H]3c4cc(Cl)cc(C)c4C[C@@H]3N3CCC[C@@H](N(C)C)C3)cc2)cc1. The van der Waals surface area contributed by atoms with Crippen LogP contribution in [-0.2, 0) is 51.8 Å². The molecule has 0 aromatic heterocycles.